The van der Waals surface area contributed by atoms with Crippen LogP contribution in [0.15, 0.2) is 18.2 Å². The number of hydrogen-bond donors (Lipinski definition) is 0. The molecule has 0 spiro atoms. The Kier molecular flexibility index (Phi) is 3.08. The third-order valence-electron chi connectivity index (χ3n) is 5.44. The van der Waals surface area contributed by atoms with Gasteiger partial charge in [0.1, 0.15) is 0 Å². The number of hydrogen-bond acceptors (Lipinski definition) is 2. The lowest BCUT2D eigenvalue weighted by Crippen LogP contribution is -2.33. The van der Waals surface area contributed by atoms with Crippen LogP contribution in [-0.2, 0) is 15.8 Å². The van der Waals surface area contributed by atoms with Crippen LogP contribution in [0.5, 0.6) is 0 Å². The number of amides is 2. The number of nitrogens with zero attached hydrogens (tertiary/aromatic N) is 1. The van der Waals surface area contributed by atoms with Crippen molar-refractivity contribution in [1.29, 1.82) is 0 Å². The molecule has 2 aliphatic carbocycles. The van der Waals surface area contributed by atoms with Gasteiger partial charge in [0.15, 0.2) is 0 Å². The lowest BCUT2D eigenvalue weighted by molar-refractivity contribution is -0.137. The van der Waals surface area contributed by atoms with E-state index in [1.54, 1.807) is 0 Å². The van der Waals surface area contributed by atoms with Crippen molar-refractivity contribution in [1.82, 2.24) is 0 Å². The summed E-state index contributed by atoms with van der Waals surface area (Å²) in [6, 6.07) is 2.73. The normalized spacial score (nSPS) is 32.8. The van der Waals surface area contributed by atoms with E-state index in [0.717, 1.165) is 42.4 Å². The van der Waals surface area contributed by atoms with Crippen LogP contribution in [-0.4, -0.2) is 11.8 Å². The Labute approximate surface area is 135 Å². The van der Waals surface area contributed by atoms with Crippen LogP contribution in [0.4, 0.5) is 18.9 Å². The Bertz CT molecular complexity index is 690. The van der Waals surface area contributed by atoms with Crippen molar-refractivity contribution < 1.29 is 22.8 Å². The highest BCUT2D eigenvalue weighted by molar-refractivity contribution is 6.36. The topological polar surface area (TPSA) is 37.4 Å². The molecule has 122 valence electrons. The van der Waals surface area contributed by atoms with E-state index in [-0.39, 0.29) is 34.4 Å². The minimum atomic E-state index is -4.56. The second-order valence-electron chi connectivity index (χ2n) is 6.56. The van der Waals surface area contributed by atoms with E-state index in [2.05, 4.69) is 0 Å². The van der Waals surface area contributed by atoms with Crippen molar-refractivity contribution in [3.8, 4) is 0 Å². The van der Waals surface area contributed by atoms with E-state index in [0.29, 0.717) is 0 Å². The first-order valence-corrected chi connectivity index (χ1v) is 7.91. The van der Waals surface area contributed by atoms with E-state index in [4.69, 9.17) is 11.6 Å². The molecule has 1 heterocycles. The number of rotatable bonds is 1. The molecule has 2 saturated carbocycles. The molecule has 4 atom stereocenters. The van der Waals surface area contributed by atoms with Crippen LogP contribution in [0, 0.1) is 23.7 Å². The molecule has 23 heavy (non-hydrogen) atoms. The monoisotopic (exact) mass is 343 g/mol. The third-order valence-corrected chi connectivity index (χ3v) is 5.76. The molecule has 2 bridgehead atoms. The van der Waals surface area contributed by atoms with Gasteiger partial charge in [-0.15, -0.1) is 0 Å². The highest BCUT2D eigenvalue weighted by Crippen LogP contribution is 2.57. The van der Waals surface area contributed by atoms with Crippen molar-refractivity contribution >= 4 is 29.1 Å². The zero-order chi connectivity index (χ0) is 16.5. The summed E-state index contributed by atoms with van der Waals surface area (Å²) >= 11 is 5.99. The van der Waals surface area contributed by atoms with Crippen LogP contribution in [0.25, 0.3) is 0 Å². The molecule has 3 nitrogen and oxygen atoms in total. The Morgan fingerprint density at radius 3 is 2.13 bits per heavy atom. The quantitative estimate of drug-likeness (QED) is 0.725. The average Bonchev–Trinajstić information content (AvgIpc) is 3.13. The maximum Gasteiger partial charge on any atom is 0.416 e. The van der Waals surface area contributed by atoms with E-state index in [1.807, 2.05) is 0 Å². The molecule has 3 fully saturated rings. The van der Waals surface area contributed by atoms with Gasteiger partial charge in [-0.25, -0.2) is 4.90 Å². The lowest BCUT2D eigenvalue weighted by atomic mass is 9.81. The summed E-state index contributed by atoms with van der Waals surface area (Å²) in [5.41, 5.74) is -1.07. The molecule has 2 amide bonds. The van der Waals surface area contributed by atoms with Gasteiger partial charge in [0, 0.05) is 0 Å². The number of imide groups is 1. The van der Waals surface area contributed by atoms with E-state index < -0.39 is 23.6 Å². The van der Waals surface area contributed by atoms with Crippen molar-refractivity contribution in [2.75, 3.05) is 4.90 Å². The van der Waals surface area contributed by atoms with Gasteiger partial charge in [-0.2, -0.15) is 13.2 Å². The van der Waals surface area contributed by atoms with Crippen LogP contribution in [0.3, 0.4) is 0 Å². The van der Waals surface area contributed by atoms with Crippen LogP contribution < -0.4 is 4.90 Å². The molecule has 0 N–H and O–H groups in total. The lowest BCUT2D eigenvalue weighted by Gasteiger charge is -2.20. The van der Waals surface area contributed by atoms with Crippen molar-refractivity contribution in [2.45, 2.75) is 25.4 Å². The molecule has 1 saturated heterocycles. The van der Waals surface area contributed by atoms with Crippen molar-refractivity contribution in [3.63, 3.8) is 0 Å². The Hall–Kier alpha value is -1.56. The Morgan fingerprint density at radius 1 is 1.04 bits per heavy atom. The highest BCUT2D eigenvalue weighted by atomic mass is 35.5. The summed E-state index contributed by atoms with van der Waals surface area (Å²) in [6.45, 7) is 0. The zero-order valence-electron chi connectivity index (χ0n) is 11.9. The minimum Gasteiger partial charge on any atom is -0.274 e. The Morgan fingerprint density at radius 2 is 1.61 bits per heavy atom. The summed E-state index contributed by atoms with van der Waals surface area (Å²) < 4.78 is 38.7. The SMILES string of the molecule is O=C1[C@H]2[C@@H]3CC[C@@H](C3)[C@@H]2C(=O)N1c1cc(C(F)(F)F)ccc1Cl. The molecule has 3 aliphatic rings. The summed E-state index contributed by atoms with van der Waals surface area (Å²) in [5.74, 6) is -1.20. The van der Waals surface area contributed by atoms with Crippen LogP contribution >= 0.6 is 11.6 Å². The van der Waals surface area contributed by atoms with Crippen LogP contribution in [0.1, 0.15) is 24.8 Å². The average molecular weight is 344 g/mol. The van der Waals surface area contributed by atoms with Gasteiger partial charge in [0.05, 0.1) is 28.1 Å². The molecular formula is C16H13ClF3NO2. The fourth-order valence-corrected chi connectivity index (χ4v) is 4.71. The number of halogens is 4. The number of fused-ring (bicyclic) bond motifs is 5. The minimum absolute atomic E-state index is 0.0213. The van der Waals surface area contributed by atoms with Gasteiger partial charge in [-0.05, 0) is 49.3 Å². The number of carbonyl (C=O) groups excluding carboxylic acids is 2. The van der Waals surface area contributed by atoms with Gasteiger partial charge in [-0.1, -0.05) is 11.6 Å². The maximum atomic E-state index is 12.9. The second kappa shape index (κ2) is 4.72. The molecular weight excluding hydrogens is 331 g/mol. The first kappa shape index (κ1) is 15.0. The first-order valence-electron chi connectivity index (χ1n) is 7.53. The van der Waals surface area contributed by atoms with Gasteiger partial charge in [0.2, 0.25) is 11.8 Å². The molecule has 0 unspecified atom stereocenters. The van der Waals surface area contributed by atoms with E-state index in [1.165, 1.54) is 0 Å². The number of anilines is 1. The number of benzene rings is 1. The second-order valence-corrected chi connectivity index (χ2v) is 6.97. The largest absolute Gasteiger partial charge is 0.416 e. The summed E-state index contributed by atoms with van der Waals surface area (Å²) in [6.07, 6.45) is -1.86. The van der Waals surface area contributed by atoms with Crippen LogP contribution in [0.2, 0.25) is 5.02 Å². The van der Waals surface area contributed by atoms with Gasteiger partial charge < -0.3 is 0 Å². The van der Waals surface area contributed by atoms with Crippen molar-refractivity contribution in [2.24, 2.45) is 23.7 Å². The van der Waals surface area contributed by atoms with Crippen molar-refractivity contribution in [3.05, 3.63) is 28.8 Å². The molecule has 0 radical (unpaired) electrons. The molecule has 1 aromatic carbocycles. The molecule has 1 aromatic rings. The maximum absolute atomic E-state index is 12.9. The van der Waals surface area contributed by atoms with E-state index >= 15 is 0 Å². The predicted octanol–water partition coefficient (Wildman–Crippen LogP) is 3.89. The van der Waals surface area contributed by atoms with Gasteiger partial charge >= 0.3 is 6.18 Å². The fraction of sp³-hybridized carbons (Fsp3) is 0.500. The fourth-order valence-electron chi connectivity index (χ4n) is 4.51. The molecule has 1 aliphatic heterocycles. The number of carbonyl (C=O) groups is 2. The summed E-state index contributed by atoms with van der Waals surface area (Å²) in [4.78, 5) is 26.2. The Balaban J connectivity index is 1.77. The predicted molar refractivity (Wildman–Crippen MR) is 76.8 cm³/mol. The summed E-state index contributed by atoms with van der Waals surface area (Å²) in [5, 5.41) is -0.0213. The standard InChI is InChI=1S/C16H13ClF3NO2/c17-10-4-3-9(16(18,19)20)6-11(10)21-14(22)12-7-1-2-8(5-7)13(12)15(21)23/h3-4,6-8,12-13H,1-2,5H2/t7-,8+,12-,13-/m0/s1. The smallest absolute Gasteiger partial charge is 0.274 e. The third kappa shape index (κ3) is 2.04. The molecule has 7 heteroatoms. The molecule has 0 aromatic heterocycles. The van der Waals surface area contributed by atoms with Gasteiger partial charge in [-0.3, -0.25) is 9.59 Å². The first-order chi connectivity index (χ1) is 10.8. The number of alkyl halides is 3. The highest BCUT2D eigenvalue weighted by Gasteiger charge is 2.61. The zero-order valence-corrected chi connectivity index (χ0v) is 12.7. The van der Waals surface area contributed by atoms with Gasteiger partial charge in [0.25, 0.3) is 0 Å². The summed E-state index contributed by atoms with van der Waals surface area (Å²) in [7, 11) is 0. The van der Waals surface area contributed by atoms with E-state index in [9.17, 15) is 22.8 Å². The molecule has 4 rings (SSSR count).